The Morgan fingerprint density at radius 3 is 2.18 bits per heavy atom. The standard InChI is InChI=1S/C24H36FO2Si/c1-2-3-18-16-26-24(27-17-18)21-12-14-28(15-13-21)23-10-6-20(7-11-23)19-4-8-22(25)9-5-19/h4-5,8-9,18,20-21,23-24H,2-3,6-7,10-17H2,1H3. The van der Waals surface area contributed by atoms with Gasteiger partial charge in [0, 0.05) is 11.8 Å². The third kappa shape index (κ3) is 5.06. The van der Waals surface area contributed by atoms with Gasteiger partial charge in [-0.15, -0.1) is 0 Å². The Labute approximate surface area is 171 Å². The Kier molecular flexibility index (Phi) is 7.24. The van der Waals surface area contributed by atoms with Gasteiger partial charge in [-0.25, -0.2) is 4.39 Å². The van der Waals surface area contributed by atoms with Gasteiger partial charge in [0.25, 0.3) is 0 Å². The molecular weight excluding hydrogens is 367 g/mol. The number of hydrogen-bond donors (Lipinski definition) is 0. The zero-order valence-electron chi connectivity index (χ0n) is 17.4. The Balaban J connectivity index is 1.19. The molecule has 0 amide bonds. The molecule has 0 atom stereocenters. The summed E-state index contributed by atoms with van der Waals surface area (Å²) in [6.07, 6.45) is 10.5. The average molecular weight is 404 g/mol. The highest BCUT2D eigenvalue weighted by molar-refractivity contribution is 6.60. The fourth-order valence-electron chi connectivity index (χ4n) is 5.67. The molecule has 28 heavy (non-hydrogen) atoms. The van der Waals surface area contributed by atoms with Crippen molar-refractivity contribution in [2.75, 3.05) is 13.2 Å². The maximum atomic E-state index is 13.2. The van der Waals surface area contributed by atoms with Crippen LogP contribution < -0.4 is 0 Å². The summed E-state index contributed by atoms with van der Waals surface area (Å²) >= 11 is 0. The number of hydrogen-bond acceptors (Lipinski definition) is 2. The molecule has 2 saturated heterocycles. The lowest BCUT2D eigenvalue weighted by molar-refractivity contribution is -0.226. The quantitative estimate of drug-likeness (QED) is 0.519. The van der Waals surface area contributed by atoms with E-state index in [0.717, 1.165) is 18.8 Å². The summed E-state index contributed by atoms with van der Waals surface area (Å²) in [6, 6.07) is 10.1. The van der Waals surface area contributed by atoms with Gasteiger partial charge < -0.3 is 9.47 Å². The van der Waals surface area contributed by atoms with Gasteiger partial charge in [-0.3, -0.25) is 0 Å². The maximum absolute atomic E-state index is 13.2. The van der Waals surface area contributed by atoms with Crippen molar-refractivity contribution in [3.05, 3.63) is 35.6 Å². The predicted octanol–water partition coefficient (Wildman–Crippen LogP) is 6.55. The lowest BCUT2D eigenvalue weighted by Crippen LogP contribution is -2.40. The summed E-state index contributed by atoms with van der Waals surface area (Å²) in [5, 5.41) is 0. The number of ether oxygens (including phenoxy) is 2. The molecule has 1 saturated carbocycles. The van der Waals surface area contributed by atoms with E-state index in [1.54, 1.807) is 12.1 Å². The molecule has 155 valence electrons. The van der Waals surface area contributed by atoms with Crippen molar-refractivity contribution in [1.29, 1.82) is 0 Å². The SMILES string of the molecule is CCCC1COC(C2CC[Si](C3CCC(c4ccc(F)cc4)CC3)CC2)OC1. The molecule has 0 N–H and O–H groups in total. The molecule has 0 unspecified atom stereocenters. The van der Waals surface area contributed by atoms with E-state index >= 15 is 0 Å². The van der Waals surface area contributed by atoms with Gasteiger partial charge in [-0.05, 0) is 61.3 Å². The van der Waals surface area contributed by atoms with Gasteiger partial charge >= 0.3 is 0 Å². The number of halogens is 1. The summed E-state index contributed by atoms with van der Waals surface area (Å²) in [5.41, 5.74) is 2.33. The Morgan fingerprint density at radius 1 is 0.929 bits per heavy atom. The highest BCUT2D eigenvalue weighted by atomic mass is 28.3. The largest absolute Gasteiger partial charge is 0.352 e. The molecule has 4 heteroatoms. The first-order valence-corrected chi connectivity index (χ1v) is 13.5. The van der Waals surface area contributed by atoms with E-state index in [0.29, 0.717) is 17.8 Å². The molecule has 2 aliphatic heterocycles. The number of benzene rings is 1. The van der Waals surface area contributed by atoms with Crippen LogP contribution in [0.1, 0.15) is 69.8 Å². The minimum Gasteiger partial charge on any atom is -0.352 e. The van der Waals surface area contributed by atoms with Crippen LogP contribution in [0.2, 0.25) is 17.6 Å². The van der Waals surface area contributed by atoms with E-state index in [4.69, 9.17) is 9.47 Å². The van der Waals surface area contributed by atoms with Crippen LogP contribution in [0, 0.1) is 17.7 Å². The molecule has 3 aliphatic rings. The van der Waals surface area contributed by atoms with Gasteiger partial charge in [-0.1, -0.05) is 50.4 Å². The molecule has 0 spiro atoms. The summed E-state index contributed by atoms with van der Waals surface area (Å²) in [5.74, 6) is 1.77. The highest BCUT2D eigenvalue weighted by Crippen LogP contribution is 2.44. The lowest BCUT2D eigenvalue weighted by Gasteiger charge is -2.40. The molecule has 0 aromatic heterocycles. The minimum absolute atomic E-state index is 0.0749. The van der Waals surface area contributed by atoms with E-state index in [2.05, 4.69) is 6.92 Å². The highest BCUT2D eigenvalue weighted by Gasteiger charge is 2.36. The van der Waals surface area contributed by atoms with Gasteiger partial charge in [0.05, 0.1) is 22.0 Å². The first-order valence-electron chi connectivity index (χ1n) is 11.6. The topological polar surface area (TPSA) is 18.5 Å². The zero-order chi connectivity index (χ0) is 19.3. The molecule has 2 nitrogen and oxygen atoms in total. The third-order valence-corrected chi connectivity index (χ3v) is 11.0. The fourth-order valence-corrected chi connectivity index (χ4v) is 9.37. The lowest BCUT2D eigenvalue weighted by atomic mass is 9.84. The van der Waals surface area contributed by atoms with Crippen molar-refractivity contribution < 1.29 is 13.9 Å². The zero-order valence-corrected chi connectivity index (χ0v) is 18.4. The molecule has 0 bridgehead atoms. The fraction of sp³-hybridized carbons (Fsp3) is 0.750. The van der Waals surface area contributed by atoms with Gasteiger partial charge in [-0.2, -0.15) is 0 Å². The molecule has 4 rings (SSSR count). The molecule has 2 heterocycles. The third-order valence-electron chi connectivity index (χ3n) is 7.39. The van der Waals surface area contributed by atoms with Crippen LogP contribution >= 0.6 is 0 Å². The van der Waals surface area contributed by atoms with Crippen molar-refractivity contribution in [3.63, 3.8) is 0 Å². The van der Waals surface area contributed by atoms with E-state index in [1.807, 2.05) is 12.1 Å². The van der Waals surface area contributed by atoms with Crippen LogP contribution in [0.15, 0.2) is 24.3 Å². The van der Waals surface area contributed by atoms with Crippen molar-refractivity contribution in [2.45, 2.75) is 88.1 Å². The smallest absolute Gasteiger partial charge is 0.160 e. The predicted molar refractivity (Wildman–Crippen MR) is 114 cm³/mol. The molecule has 1 aromatic carbocycles. The van der Waals surface area contributed by atoms with Crippen LogP contribution in [0.25, 0.3) is 0 Å². The molecule has 3 fully saturated rings. The molecule has 1 radical (unpaired) electrons. The summed E-state index contributed by atoms with van der Waals surface area (Å²) in [6.45, 7) is 4.05. The van der Waals surface area contributed by atoms with Crippen LogP contribution in [0.3, 0.4) is 0 Å². The van der Waals surface area contributed by atoms with Crippen LogP contribution in [0.4, 0.5) is 4.39 Å². The number of rotatable bonds is 5. The van der Waals surface area contributed by atoms with Crippen molar-refractivity contribution in [3.8, 4) is 0 Å². The first-order chi connectivity index (χ1) is 13.7. The van der Waals surface area contributed by atoms with Gasteiger partial charge in [0.1, 0.15) is 5.82 Å². The second-order valence-electron chi connectivity index (χ2n) is 9.29. The van der Waals surface area contributed by atoms with Gasteiger partial charge in [0.15, 0.2) is 6.29 Å². The summed E-state index contributed by atoms with van der Waals surface area (Å²) in [4.78, 5) is 0. The Bertz CT molecular complexity index is 583. The first kappa shape index (κ1) is 20.6. The molecular formula is C24H36FO2Si. The maximum Gasteiger partial charge on any atom is 0.160 e. The van der Waals surface area contributed by atoms with Crippen molar-refractivity contribution in [1.82, 2.24) is 0 Å². The van der Waals surface area contributed by atoms with Crippen LogP contribution in [-0.4, -0.2) is 28.3 Å². The van der Waals surface area contributed by atoms with Crippen molar-refractivity contribution >= 4 is 8.80 Å². The Hall–Kier alpha value is -0.713. The van der Waals surface area contributed by atoms with E-state index in [1.165, 1.54) is 69.0 Å². The van der Waals surface area contributed by atoms with E-state index in [9.17, 15) is 4.39 Å². The monoisotopic (exact) mass is 403 g/mol. The van der Waals surface area contributed by atoms with E-state index < -0.39 is 0 Å². The second kappa shape index (κ2) is 9.86. The minimum atomic E-state index is -0.220. The Morgan fingerprint density at radius 2 is 1.57 bits per heavy atom. The molecule has 1 aromatic rings. The van der Waals surface area contributed by atoms with Crippen LogP contribution in [0.5, 0.6) is 0 Å². The summed E-state index contributed by atoms with van der Waals surface area (Å²) in [7, 11) is -0.220. The van der Waals surface area contributed by atoms with Crippen molar-refractivity contribution in [2.24, 2.45) is 11.8 Å². The molecule has 1 aliphatic carbocycles. The van der Waals surface area contributed by atoms with Crippen LogP contribution in [-0.2, 0) is 9.47 Å². The summed E-state index contributed by atoms with van der Waals surface area (Å²) < 4.78 is 25.4. The average Bonchev–Trinajstić information content (AvgIpc) is 2.75. The normalized spacial score (nSPS) is 33.1. The van der Waals surface area contributed by atoms with E-state index in [-0.39, 0.29) is 20.9 Å². The van der Waals surface area contributed by atoms with Gasteiger partial charge in [0.2, 0.25) is 0 Å². The second-order valence-corrected chi connectivity index (χ2v) is 12.4.